The van der Waals surface area contributed by atoms with Gasteiger partial charge in [-0.25, -0.2) is 0 Å². The monoisotopic (exact) mass is 509 g/mol. The lowest BCUT2D eigenvalue weighted by Gasteiger charge is -2.30. The minimum Gasteiger partial charge on any atom is -0.353 e. The number of halogens is 4. The molecule has 0 bridgehead atoms. The zero-order chi connectivity index (χ0) is 25.7. The molecule has 1 N–H and O–H groups in total. The van der Waals surface area contributed by atoms with E-state index in [4.69, 9.17) is 0 Å². The number of hydrogen-bond donors (Lipinski definition) is 1. The SMILES string of the molecule is Cn1cc(CC(=O)N[C@H]2CC[C@H](CCN3CCc4ccc(CCC(F)(F)F)nc4CC3)CC2)c(F)n1. The molecule has 10 heteroatoms. The van der Waals surface area contributed by atoms with Gasteiger partial charge in [0.15, 0.2) is 0 Å². The fourth-order valence-corrected chi connectivity index (χ4v) is 5.35. The smallest absolute Gasteiger partial charge is 0.353 e. The molecule has 1 aliphatic carbocycles. The van der Waals surface area contributed by atoms with Crippen LogP contribution in [0.15, 0.2) is 18.3 Å². The molecule has 36 heavy (non-hydrogen) atoms. The Kier molecular flexibility index (Phi) is 8.64. The van der Waals surface area contributed by atoms with Crippen molar-refractivity contribution in [3.8, 4) is 0 Å². The highest BCUT2D eigenvalue weighted by Crippen LogP contribution is 2.28. The molecule has 1 aliphatic heterocycles. The van der Waals surface area contributed by atoms with Crippen molar-refractivity contribution in [2.75, 3.05) is 19.6 Å². The summed E-state index contributed by atoms with van der Waals surface area (Å²) in [4.78, 5) is 19.3. The zero-order valence-electron chi connectivity index (χ0n) is 20.8. The fourth-order valence-electron chi connectivity index (χ4n) is 5.35. The van der Waals surface area contributed by atoms with Gasteiger partial charge in [0.05, 0.1) is 6.42 Å². The van der Waals surface area contributed by atoms with Crippen LogP contribution >= 0.6 is 0 Å². The Labute approximate surface area is 209 Å². The Morgan fingerprint density at radius 2 is 1.89 bits per heavy atom. The predicted octanol–water partition coefficient (Wildman–Crippen LogP) is 4.16. The van der Waals surface area contributed by atoms with Crippen LogP contribution in [0.3, 0.4) is 0 Å². The quantitative estimate of drug-likeness (QED) is 0.543. The highest BCUT2D eigenvalue weighted by molar-refractivity contribution is 5.78. The lowest BCUT2D eigenvalue weighted by Crippen LogP contribution is -2.39. The lowest BCUT2D eigenvalue weighted by molar-refractivity contribution is -0.134. The van der Waals surface area contributed by atoms with Crippen molar-refractivity contribution in [1.82, 2.24) is 25.0 Å². The van der Waals surface area contributed by atoms with Crippen LogP contribution in [0.25, 0.3) is 0 Å². The number of amides is 1. The summed E-state index contributed by atoms with van der Waals surface area (Å²) >= 11 is 0. The Hall–Kier alpha value is -2.49. The van der Waals surface area contributed by atoms with E-state index in [0.29, 0.717) is 17.2 Å². The summed E-state index contributed by atoms with van der Waals surface area (Å²) in [5.41, 5.74) is 2.93. The molecular formula is C26H35F4N5O. The lowest BCUT2D eigenvalue weighted by atomic mass is 9.84. The molecule has 0 aromatic carbocycles. The number of fused-ring (bicyclic) bond motifs is 1. The molecule has 0 radical (unpaired) electrons. The fraction of sp³-hybridized carbons (Fsp3) is 0.654. The van der Waals surface area contributed by atoms with Gasteiger partial charge in [0.25, 0.3) is 0 Å². The summed E-state index contributed by atoms with van der Waals surface area (Å²) in [6, 6.07) is 3.83. The van der Waals surface area contributed by atoms with Crippen LogP contribution in [0.4, 0.5) is 17.6 Å². The topological polar surface area (TPSA) is 63.1 Å². The summed E-state index contributed by atoms with van der Waals surface area (Å²) < 4.78 is 52.7. The highest BCUT2D eigenvalue weighted by Gasteiger charge is 2.27. The molecular weight excluding hydrogens is 474 g/mol. The summed E-state index contributed by atoms with van der Waals surface area (Å²) in [5.74, 6) is -0.137. The van der Waals surface area contributed by atoms with Gasteiger partial charge in [0.2, 0.25) is 11.9 Å². The summed E-state index contributed by atoms with van der Waals surface area (Å²) in [5, 5.41) is 6.69. The number of rotatable bonds is 8. The van der Waals surface area contributed by atoms with E-state index >= 15 is 0 Å². The third kappa shape index (κ3) is 7.75. The van der Waals surface area contributed by atoms with Gasteiger partial charge in [0, 0.05) is 62.2 Å². The number of aromatic nitrogens is 3. The molecule has 1 amide bonds. The van der Waals surface area contributed by atoms with E-state index < -0.39 is 18.5 Å². The van der Waals surface area contributed by atoms with Crippen LogP contribution in [-0.2, 0) is 37.5 Å². The molecule has 2 aromatic heterocycles. The van der Waals surface area contributed by atoms with Crippen molar-refractivity contribution in [3.63, 3.8) is 0 Å². The van der Waals surface area contributed by atoms with Crippen molar-refractivity contribution >= 4 is 5.91 Å². The number of nitrogens with one attached hydrogen (secondary N) is 1. The maximum Gasteiger partial charge on any atom is 0.389 e. The van der Waals surface area contributed by atoms with Gasteiger partial charge >= 0.3 is 6.18 Å². The standard InChI is InChI=1S/C26H35F4N5O/c1-34-17-20(25(27)33-34)16-24(36)32-21-5-2-18(3-6-21)9-13-35-14-10-19-4-7-22(8-12-26(28,29)30)31-23(19)11-15-35/h4,7,17-18,21H,2-3,5-6,8-16H2,1H3,(H,32,36)/t18-,21-. The normalized spacial score (nSPS) is 21.1. The van der Waals surface area contributed by atoms with E-state index in [1.165, 1.54) is 10.9 Å². The van der Waals surface area contributed by atoms with Crippen LogP contribution < -0.4 is 5.32 Å². The van der Waals surface area contributed by atoms with Gasteiger partial charge in [-0.05, 0) is 69.0 Å². The summed E-state index contributed by atoms with van der Waals surface area (Å²) in [6.07, 6.45) is 3.22. The molecule has 2 aromatic rings. The molecule has 3 heterocycles. The third-order valence-electron chi connectivity index (χ3n) is 7.42. The molecule has 0 atom stereocenters. The van der Waals surface area contributed by atoms with Gasteiger partial charge in [-0.2, -0.15) is 17.6 Å². The van der Waals surface area contributed by atoms with E-state index in [9.17, 15) is 22.4 Å². The Morgan fingerprint density at radius 3 is 2.58 bits per heavy atom. The predicted molar refractivity (Wildman–Crippen MR) is 128 cm³/mol. The first-order valence-corrected chi connectivity index (χ1v) is 12.9. The third-order valence-corrected chi connectivity index (χ3v) is 7.42. The largest absolute Gasteiger partial charge is 0.389 e. The van der Waals surface area contributed by atoms with E-state index in [2.05, 4.69) is 20.3 Å². The second-order valence-electron chi connectivity index (χ2n) is 10.2. The highest BCUT2D eigenvalue weighted by atomic mass is 19.4. The van der Waals surface area contributed by atoms with Crippen LogP contribution in [0.1, 0.15) is 61.0 Å². The van der Waals surface area contributed by atoms with Crippen LogP contribution in [0.5, 0.6) is 0 Å². The van der Waals surface area contributed by atoms with E-state index in [-0.39, 0.29) is 24.8 Å². The van der Waals surface area contributed by atoms with Gasteiger partial charge in [-0.3, -0.25) is 14.5 Å². The first kappa shape index (κ1) is 26.6. The molecule has 4 rings (SSSR count). The first-order valence-electron chi connectivity index (χ1n) is 12.9. The van der Waals surface area contributed by atoms with Crippen LogP contribution in [0.2, 0.25) is 0 Å². The van der Waals surface area contributed by atoms with Crippen molar-refractivity contribution in [1.29, 1.82) is 0 Å². The number of carbonyl (C=O) groups excluding carboxylic acids is 1. The first-order chi connectivity index (χ1) is 17.1. The number of alkyl halides is 3. The number of nitrogens with zero attached hydrogens (tertiary/aromatic N) is 4. The zero-order valence-corrected chi connectivity index (χ0v) is 20.8. The Morgan fingerprint density at radius 1 is 1.14 bits per heavy atom. The molecule has 0 unspecified atom stereocenters. The summed E-state index contributed by atoms with van der Waals surface area (Å²) in [7, 11) is 1.63. The molecule has 0 saturated heterocycles. The second kappa shape index (κ2) is 11.7. The molecule has 1 saturated carbocycles. The second-order valence-corrected chi connectivity index (χ2v) is 10.2. The van der Waals surface area contributed by atoms with E-state index in [1.54, 1.807) is 13.1 Å². The van der Waals surface area contributed by atoms with Crippen molar-refractivity contribution < 1.29 is 22.4 Å². The van der Waals surface area contributed by atoms with Crippen molar-refractivity contribution in [2.24, 2.45) is 13.0 Å². The van der Waals surface area contributed by atoms with Crippen LogP contribution in [0, 0.1) is 11.9 Å². The maximum atomic E-state index is 13.7. The number of hydrogen-bond acceptors (Lipinski definition) is 4. The molecule has 2 aliphatic rings. The van der Waals surface area contributed by atoms with Gasteiger partial charge in [-0.1, -0.05) is 6.07 Å². The van der Waals surface area contributed by atoms with Gasteiger partial charge in [-0.15, -0.1) is 5.10 Å². The maximum absolute atomic E-state index is 13.7. The van der Waals surface area contributed by atoms with Crippen molar-refractivity contribution in [3.05, 3.63) is 46.8 Å². The average Bonchev–Trinajstić information content (AvgIpc) is 3.01. The number of pyridine rings is 1. The van der Waals surface area contributed by atoms with Crippen LogP contribution in [-0.4, -0.2) is 57.4 Å². The minimum atomic E-state index is -4.16. The summed E-state index contributed by atoms with van der Waals surface area (Å²) in [6.45, 7) is 2.81. The minimum absolute atomic E-state index is 0.00955. The Balaban J connectivity index is 1.16. The molecule has 198 valence electrons. The van der Waals surface area contributed by atoms with Gasteiger partial charge < -0.3 is 10.2 Å². The average molecular weight is 510 g/mol. The molecule has 1 fully saturated rings. The number of aryl methyl sites for hydroxylation is 2. The van der Waals surface area contributed by atoms with Crippen molar-refractivity contribution in [2.45, 2.75) is 76.4 Å². The molecule has 0 spiro atoms. The van der Waals surface area contributed by atoms with Gasteiger partial charge in [0.1, 0.15) is 0 Å². The number of carbonyl (C=O) groups is 1. The van der Waals surface area contributed by atoms with E-state index in [1.807, 2.05) is 6.07 Å². The molecule has 6 nitrogen and oxygen atoms in total. The van der Waals surface area contributed by atoms with E-state index in [0.717, 1.165) is 75.8 Å². The Bertz CT molecular complexity index is 1030.